The fraction of sp³-hybridized carbons (Fsp3) is 0.519. The highest BCUT2D eigenvalue weighted by molar-refractivity contribution is 7.89. The summed E-state index contributed by atoms with van der Waals surface area (Å²) in [5, 5.41) is 0. The summed E-state index contributed by atoms with van der Waals surface area (Å²) in [4.78, 5) is 18.2. The number of nitrogens with zero attached hydrogens (tertiary/aromatic N) is 4. The number of carbonyl (C=O) groups is 1. The van der Waals surface area contributed by atoms with Crippen molar-refractivity contribution in [2.24, 2.45) is 0 Å². The molecule has 1 unspecified atom stereocenters. The highest BCUT2D eigenvalue weighted by Crippen LogP contribution is 2.41. The number of anilines is 2. The summed E-state index contributed by atoms with van der Waals surface area (Å²) in [5.74, 6) is 1.86. The van der Waals surface area contributed by atoms with E-state index >= 15 is 0 Å². The first kappa shape index (κ1) is 26.6. The summed E-state index contributed by atoms with van der Waals surface area (Å²) in [6.45, 7) is 6.43. The predicted molar refractivity (Wildman–Crippen MR) is 144 cm³/mol. The van der Waals surface area contributed by atoms with Crippen LogP contribution in [0.5, 0.6) is 17.2 Å². The van der Waals surface area contributed by atoms with E-state index in [0.29, 0.717) is 76.1 Å². The Labute approximate surface area is 224 Å². The molecular formula is C27H36N4O6S. The normalized spacial score (nSPS) is 20.7. The molecule has 5 rings (SSSR count). The molecule has 3 aliphatic rings. The van der Waals surface area contributed by atoms with Crippen LogP contribution in [0.15, 0.2) is 41.3 Å². The number of carbonyl (C=O) groups excluding carboxylic acids is 1. The second-order valence-corrected chi connectivity index (χ2v) is 11.8. The fourth-order valence-corrected chi connectivity index (χ4v) is 6.81. The van der Waals surface area contributed by atoms with Crippen molar-refractivity contribution in [2.45, 2.75) is 30.8 Å². The number of ether oxygens (including phenoxy) is 3. The summed E-state index contributed by atoms with van der Waals surface area (Å²) >= 11 is 0. The van der Waals surface area contributed by atoms with Gasteiger partial charge in [0, 0.05) is 57.3 Å². The molecule has 2 aromatic rings. The zero-order valence-corrected chi connectivity index (χ0v) is 23.1. The Morgan fingerprint density at radius 2 is 1.84 bits per heavy atom. The van der Waals surface area contributed by atoms with Gasteiger partial charge in [0.15, 0.2) is 0 Å². The van der Waals surface area contributed by atoms with Gasteiger partial charge in [-0.05, 0) is 37.4 Å². The number of amides is 1. The van der Waals surface area contributed by atoms with Gasteiger partial charge in [-0.3, -0.25) is 4.79 Å². The second kappa shape index (κ2) is 11.0. The van der Waals surface area contributed by atoms with E-state index in [1.54, 1.807) is 12.1 Å². The fourth-order valence-electron chi connectivity index (χ4n) is 5.21. The summed E-state index contributed by atoms with van der Waals surface area (Å²) in [5.41, 5.74) is 1.54. The Kier molecular flexibility index (Phi) is 7.69. The lowest BCUT2D eigenvalue weighted by Gasteiger charge is -2.33. The highest BCUT2D eigenvalue weighted by atomic mass is 32.2. The van der Waals surface area contributed by atoms with Crippen molar-refractivity contribution in [3.05, 3.63) is 36.4 Å². The largest absolute Gasteiger partial charge is 0.495 e. The van der Waals surface area contributed by atoms with E-state index in [9.17, 15) is 13.2 Å². The number of rotatable bonds is 7. The van der Waals surface area contributed by atoms with Gasteiger partial charge in [-0.1, -0.05) is 6.92 Å². The molecule has 3 heterocycles. The average Bonchev–Trinajstić information content (AvgIpc) is 3.40. The van der Waals surface area contributed by atoms with Crippen molar-refractivity contribution in [1.82, 2.24) is 14.1 Å². The van der Waals surface area contributed by atoms with Gasteiger partial charge in [-0.25, -0.2) is 8.42 Å². The lowest BCUT2D eigenvalue weighted by atomic mass is 10.2. The van der Waals surface area contributed by atoms with E-state index in [1.807, 2.05) is 43.1 Å². The molecular weight excluding hydrogens is 508 g/mol. The third kappa shape index (κ3) is 5.27. The smallest absolute Gasteiger partial charge is 0.246 e. The Hall–Kier alpha value is -3.02. The molecule has 0 spiro atoms. The first-order valence-electron chi connectivity index (χ1n) is 13.2. The first-order valence-corrected chi connectivity index (χ1v) is 14.6. The maximum Gasteiger partial charge on any atom is 0.246 e. The minimum atomic E-state index is -3.74. The molecule has 38 heavy (non-hydrogen) atoms. The highest BCUT2D eigenvalue weighted by Gasteiger charge is 2.32. The number of hydrogen-bond donors (Lipinski definition) is 0. The zero-order valence-electron chi connectivity index (χ0n) is 22.3. The molecule has 1 atom stereocenters. The van der Waals surface area contributed by atoms with Gasteiger partial charge in [-0.2, -0.15) is 4.31 Å². The van der Waals surface area contributed by atoms with Crippen molar-refractivity contribution in [1.29, 1.82) is 0 Å². The minimum absolute atomic E-state index is 0.0668. The van der Waals surface area contributed by atoms with E-state index in [1.165, 1.54) is 11.4 Å². The number of piperazine rings is 1. The number of hydrogen-bond acceptors (Lipinski definition) is 8. The molecule has 2 saturated heterocycles. The van der Waals surface area contributed by atoms with Crippen LogP contribution in [-0.2, 0) is 14.8 Å². The van der Waals surface area contributed by atoms with Crippen LogP contribution in [0.4, 0.5) is 11.4 Å². The maximum atomic E-state index is 13.6. The molecule has 0 N–H and O–H groups in total. The van der Waals surface area contributed by atoms with Crippen molar-refractivity contribution in [2.75, 3.05) is 71.5 Å². The number of sulfonamides is 1. The van der Waals surface area contributed by atoms with Crippen LogP contribution in [0.25, 0.3) is 0 Å². The lowest BCUT2D eigenvalue weighted by molar-refractivity contribution is -0.130. The maximum absolute atomic E-state index is 13.6. The number of methoxy groups -OCH3 is 1. The molecule has 1 amide bonds. The summed E-state index contributed by atoms with van der Waals surface area (Å²) in [6, 6.07) is 11.0. The van der Waals surface area contributed by atoms with Crippen LogP contribution in [0.1, 0.15) is 19.8 Å². The quantitative estimate of drug-likeness (QED) is 0.525. The Balaban J connectivity index is 1.42. The molecule has 0 saturated carbocycles. The Morgan fingerprint density at radius 3 is 2.58 bits per heavy atom. The third-order valence-electron chi connectivity index (χ3n) is 7.44. The number of benzene rings is 2. The molecule has 0 aliphatic carbocycles. The SMILES string of the molecule is CCC(=O)N1CCC(Oc2ccc3c(c2)N(c2ccc(OC)c(S(=O)(=O)N4CCN(C)CC4)c2)CCO3)C1. The summed E-state index contributed by atoms with van der Waals surface area (Å²) in [6.07, 6.45) is 1.21. The van der Waals surface area contributed by atoms with Gasteiger partial charge in [-0.15, -0.1) is 0 Å². The number of likely N-dealkylation sites (N-methyl/N-ethyl adjacent to an activating group) is 1. The number of likely N-dealkylation sites (tertiary alicyclic amines) is 1. The van der Waals surface area contributed by atoms with Gasteiger partial charge in [0.25, 0.3) is 0 Å². The molecule has 0 radical (unpaired) electrons. The summed E-state index contributed by atoms with van der Waals surface area (Å²) < 4.78 is 46.4. The topological polar surface area (TPSA) is 91.9 Å². The standard InChI is InChI=1S/C27H36N4O6S/c1-4-27(32)29-10-9-22(19-29)37-21-6-8-24-23(18-21)31(15-16-36-24)20-5-7-25(35-3)26(17-20)38(33,34)30-13-11-28(2)12-14-30/h5-8,17-18,22H,4,9-16,19H2,1-3H3. The first-order chi connectivity index (χ1) is 18.3. The minimum Gasteiger partial charge on any atom is -0.495 e. The molecule has 206 valence electrons. The predicted octanol–water partition coefficient (Wildman–Crippen LogP) is 2.55. The lowest BCUT2D eigenvalue weighted by Crippen LogP contribution is -2.47. The number of fused-ring (bicyclic) bond motifs is 1. The Morgan fingerprint density at radius 1 is 1.05 bits per heavy atom. The van der Waals surface area contributed by atoms with Crippen molar-refractivity contribution < 1.29 is 27.4 Å². The molecule has 11 heteroatoms. The van der Waals surface area contributed by atoms with Crippen LogP contribution >= 0.6 is 0 Å². The zero-order chi connectivity index (χ0) is 26.9. The monoisotopic (exact) mass is 544 g/mol. The van der Waals surface area contributed by atoms with E-state index in [2.05, 4.69) is 9.80 Å². The van der Waals surface area contributed by atoms with E-state index in [4.69, 9.17) is 14.2 Å². The molecule has 0 bridgehead atoms. The molecule has 2 fully saturated rings. The van der Waals surface area contributed by atoms with Crippen LogP contribution in [0, 0.1) is 0 Å². The van der Waals surface area contributed by atoms with Gasteiger partial charge < -0.3 is 28.9 Å². The van der Waals surface area contributed by atoms with Crippen molar-refractivity contribution in [3.8, 4) is 17.2 Å². The van der Waals surface area contributed by atoms with Crippen molar-refractivity contribution in [3.63, 3.8) is 0 Å². The van der Waals surface area contributed by atoms with Gasteiger partial charge in [0.1, 0.15) is 34.9 Å². The van der Waals surface area contributed by atoms with E-state index < -0.39 is 10.0 Å². The second-order valence-electron chi connectivity index (χ2n) is 9.89. The van der Waals surface area contributed by atoms with Crippen molar-refractivity contribution >= 4 is 27.3 Å². The van der Waals surface area contributed by atoms with Gasteiger partial charge in [0.2, 0.25) is 15.9 Å². The molecule has 0 aromatic heterocycles. The van der Waals surface area contributed by atoms with Crippen LogP contribution in [0.3, 0.4) is 0 Å². The third-order valence-corrected chi connectivity index (χ3v) is 9.36. The molecule has 10 nitrogen and oxygen atoms in total. The van der Waals surface area contributed by atoms with Gasteiger partial charge >= 0.3 is 0 Å². The molecule has 2 aromatic carbocycles. The van der Waals surface area contributed by atoms with Crippen LogP contribution < -0.4 is 19.1 Å². The summed E-state index contributed by atoms with van der Waals surface area (Å²) in [7, 11) is -0.256. The van der Waals surface area contributed by atoms with Crippen LogP contribution in [-0.4, -0.2) is 101 Å². The molecule has 3 aliphatic heterocycles. The van der Waals surface area contributed by atoms with Gasteiger partial charge in [0.05, 0.1) is 25.9 Å². The van der Waals surface area contributed by atoms with E-state index in [-0.39, 0.29) is 16.9 Å². The Bertz CT molecular complexity index is 1280. The average molecular weight is 545 g/mol. The van der Waals surface area contributed by atoms with E-state index in [0.717, 1.165) is 17.8 Å². The van der Waals surface area contributed by atoms with Crippen LogP contribution in [0.2, 0.25) is 0 Å².